The molecule has 4 rings (SSSR count). The van der Waals surface area contributed by atoms with Crippen molar-refractivity contribution >= 4 is 29.2 Å². The lowest BCUT2D eigenvalue weighted by Crippen LogP contribution is -2.47. The molecule has 0 saturated heterocycles. The Morgan fingerprint density at radius 2 is 1.85 bits per heavy atom. The van der Waals surface area contributed by atoms with Crippen molar-refractivity contribution in [1.29, 1.82) is 0 Å². The predicted molar refractivity (Wildman–Crippen MR) is 133 cm³/mol. The molecule has 1 heterocycles. The maximum Gasteiger partial charge on any atom is 0.319 e. The molecule has 2 amide bonds. The fraction of sp³-hybridized carbons (Fsp3) is 0.542. The van der Waals surface area contributed by atoms with E-state index in [4.69, 9.17) is 15.7 Å². The number of carbonyl (C=O) groups excluding carboxylic acids is 1. The second kappa shape index (κ2) is 9.82. The van der Waals surface area contributed by atoms with Gasteiger partial charge in [0.2, 0.25) is 5.95 Å². The van der Waals surface area contributed by atoms with Gasteiger partial charge >= 0.3 is 6.03 Å². The number of fused-ring (bicyclic) bond motifs is 1. The van der Waals surface area contributed by atoms with Gasteiger partial charge in [-0.1, -0.05) is 6.07 Å². The summed E-state index contributed by atoms with van der Waals surface area (Å²) < 4.78 is 0. The molecule has 1 aromatic carbocycles. The fourth-order valence-electron chi connectivity index (χ4n) is 5.13. The highest BCUT2D eigenvalue weighted by molar-refractivity contribution is 5.91. The summed E-state index contributed by atoms with van der Waals surface area (Å²) in [5.41, 5.74) is 9.11. The van der Waals surface area contributed by atoms with E-state index in [0.717, 1.165) is 56.5 Å². The number of nitrogens with two attached hydrogens (primary N) is 1. The number of amides is 2. The Labute approximate surface area is 199 Å². The lowest BCUT2D eigenvalue weighted by molar-refractivity contribution is -0.385. The van der Waals surface area contributed by atoms with E-state index in [1.54, 1.807) is 19.1 Å². The number of nitrogens with zero attached hydrogens (tertiary/aromatic N) is 5. The number of hydrogen-bond acceptors (Lipinski definition) is 7. The molecular weight excluding hydrogens is 434 g/mol. The summed E-state index contributed by atoms with van der Waals surface area (Å²) >= 11 is 0. The minimum absolute atomic E-state index is 0.0136. The Balaban J connectivity index is 1.46. The molecular formula is C24H33N7O3. The SMILES string of the molecule is Cc1ccc(N(C(N)=O)C2CCC(Nc3nc4c(c(N(C)C)n3)CCCC4)CC2)cc1[N+](=O)[O-]. The number of anilines is 3. The van der Waals surface area contributed by atoms with E-state index < -0.39 is 11.0 Å². The molecule has 1 saturated carbocycles. The fourth-order valence-corrected chi connectivity index (χ4v) is 5.13. The van der Waals surface area contributed by atoms with Crippen molar-refractivity contribution in [3.8, 4) is 0 Å². The summed E-state index contributed by atoms with van der Waals surface area (Å²) in [6.45, 7) is 1.68. The highest BCUT2D eigenvalue weighted by Crippen LogP contribution is 2.33. The Morgan fingerprint density at radius 1 is 1.15 bits per heavy atom. The van der Waals surface area contributed by atoms with Crippen LogP contribution in [-0.4, -0.2) is 47.1 Å². The standard InChI is InChI=1S/C24H33N7O3/c1-15-8-11-18(14-21(15)31(33)34)30(23(25)32)17-12-9-16(10-13-17)26-24-27-20-7-5-4-6-19(20)22(28-24)29(2)3/h8,11,14,16-17H,4-7,9-10,12-13H2,1-3H3,(H2,25,32)(H,26,27,28). The van der Waals surface area contributed by atoms with E-state index in [1.165, 1.54) is 23.0 Å². The molecule has 0 aliphatic heterocycles. The smallest absolute Gasteiger partial charge is 0.319 e. The van der Waals surface area contributed by atoms with Gasteiger partial charge in [-0.2, -0.15) is 4.98 Å². The maximum absolute atomic E-state index is 12.3. The summed E-state index contributed by atoms with van der Waals surface area (Å²) in [6, 6.07) is 4.31. The molecule has 10 heteroatoms. The van der Waals surface area contributed by atoms with Crippen LogP contribution in [0.25, 0.3) is 0 Å². The highest BCUT2D eigenvalue weighted by atomic mass is 16.6. The minimum Gasteiger partial charge on any atom is -0.362 e. The number of primary amides is 1. The van der Waals surface area contributed by atoms with E-state index in [2.05, 4.69) is 10.2 Å². The van der Waals surface area contributed by atoms with E-state index in [1.807, 2.05) is 14.1 Å². The zero-order valence-electron chi connectivity index (χ0n) is 20.1. The van der Waals surface area contributed by atoms with E-state index in [-0.39, 0.29) is 17.8 Å². The van der Waals surface area contributed by atoms with Gasteiger partial charge in [0.15, 0.2) is 0 Å². The summed E-state index contributed by atoms with van der Waals surface area (Å²) in [5.74, 6) is 1.65. The largest absolute Gasteiger partial charge is 0.362 e. The van der Waals surface area contributed by atoms with Crippen molar-refractivity contribution < 1.29 is 9.72 Å². The van der Waals surface area contributed by atoms with E-state index in [0.29, 0.717) is 17.2 Å². The molecule has 2 aliphatic carbocycles. The lowest BCUT2D eigenvalue weighted by Gasteiger charge is -2.36. The maximum atomic E-state index is 12.3. The average Bonchev–Trinajstić information content (AvgIpc) is 2.80. The van der Waals surface area contributed by atoms with Crippen molar-refractivity contribution in [3.63, 3.8) is 0 Å². The number of nitro groups is 1. The van der Waals surface area contributed by atoms with Crippen molar-refractivity contribution in [1.82, 2.24) is 9.97 Å². The van der Waals surface area contributed by atoms with E-state index >= 15 is 0 Å². The van der Waals surface area contributed by atoms with Gasteiger partial charge in [0, 0.05) is 43.4 Å². The van der Waals surface area contributed by atoms with Gasteiger partial charge in [0.05, 0.1) is 16.3 Å². The van der Waals surface area contributed by atoms with Gasteiger partial charge in [-0.25, -0.2) is 9.78 Å². The van der Waals surface area contributed by atoms with Crippen molar-refractivity contribution in [2.75, 3.05) is 29.2 Å². The number of carbonyl (C=O) groups is 1. The van der Waals surface area contributed by atoms with Crippen LogP contribution in [0, 0.1) is 17.0 Å². The van der Waals surface area contributed by atoms with Crippen LogP contribution >= 0.6 is 0 Å². The quantitative estimate of drug-likeness (QED) is 0.486. The van der Waals surface area contributed by atoms with Gasteiger partial charge in [-0.15, -0.1) is 0 Å². The van der Waals surface area contributed by atoms with Crippen LogP contribution in [0.2, 0.25) is 0 Å². The number of hydrogen-bond donors (Lipinski definition) is 2. The zero-order chi connectivity index (χ0) is 24.4. The van der Waals surface area contributed by atoms with Crippen LogP contribution in [0.15, 0.2) is 18.2 Å². The Morgan fingerprint density at radius 3 is 2.50 bits per heavy atom. The van der Waals surface area contributed by atoms with Crippen LogP contribution in [0.5, 0.6) is 0 Å². The Kier molecular flexibility index (Phi) is 6.85. The molecule has 3 N–H and O–H groups in total. The first-order valence-corrected chi connectivity index (χ1v) is 11.9. The number of aryl methyl sites for hydroxylation is 2. The van der Waals surface area contributed by atoms with E-state index in [9.17, 15) is 14.9 Å². The summed E-state index contributed by atoms with van der Waals surface area (Å²) in [5, 5.41) is 14.9. The van der Waals surface area contributed by atoms with Crippen molar-refractivity contribution in [2.24, 2.45) is 5.73 Å². The number of nitro benzene ring substituents is 1. The number of rotatable bonds is 6. The van der Waals surface area contributed by atoms with Gasteiger partial charge in [-0.05, 0) is 64.4 Å². The predicted octanol–water partition coefficient (Wildman–Crippen LogP) is 3.95. The molecule has 182 valence electrons. The van der Waals surface area contributed by atoms with Gasteiger partial charge < -0.3 is 16.0 Å². The first kappa shape index (κ1) is 23.7. The molecule has 34 heavy (non-hydrogen) atoms. The van der Waals surface area contributed by atoms with Crippen molar-refractivity contribution in [3.05, 3.63) is 45.1 Å². The second-order valence-electron chi connectivity index (χ2n) is 9.48. The van der Waals surface area contributed by atoms with Crippen LogP contribution in [0.4, 0.5) is 27.9 Å². The molecule has 2 aromatic rings. The summed E-state index contributed by atoms with van der Waals surface area (Å²) in [7, 11) is 4.03. The molecule has 0 radical (unpaired) electrons. The van der Waals surface area contributed by atoms with Crippen LogP contribution in [0.3, 0.4) is 0 Å². The molecule has 10 nitrogen and oxygen atoms in total. The molecule has 1 aromatic heterocycles. The van der Waals surface area contributed by atoms with Crippen molar-refractivity contribution in [2.45, 2.75) is 70.4 Å². The highest BCUT2D eigenvalue weighted by Gasteiger charge is 2.31. The minimum atomic E-state index is -0.594. The number of urea groups is 1. The second-order valence-corrected chi connectivity index (χ2v) is 9.48. The average molecular weight is 468 g/mol. The van der Waals surface area contributed by atoms with Gasteiger partial charge in [0.25, 0.3) is 5.69 Å². The van der Waals surface area contributed by atoms with Gasteiger partial charge in [0.1, 0.15) is 5.82 Å². The molecule has 1 fully saturated rings. The third-order valence-corrected chi connectivity index (χ3v) is 6.88. The first-order valence-electron chi connectivity index (χ1n) is 11.9. The number of aromatic nitrogens is 2. The third-order valence-electron chi connectivity index (χ3n) is 6.88. The molecule has 0 unspecified atom stereocenters. The zero-order valence-corrected chi connectivity index (χ0v) is 20.1. The molecule has 0 atom stereocenters. The first-order chi connectivity index (χ1) is 16.2. The Hall–Kier alpha value is -3.43. The number of nitrogens with one attached hydrogen (secondary N) is 1. The molecule has 0 bridgehead atoms. The third kappa shape index (κ3) is 4.90. The summed E-state index contributed by atoms with van der Waals surface area (Å²) in [6.07, 6.45) is 7.43. The number of benzene rings is 1. The van der Waals surface area contributed by atoms with Crippen LogP contribution in [-0.2, 0) is 12.8 Å². The van der Waals surface area contributed by atoms with Crippen LogP contribution < -0.4 is 20.9 Å². The lowest BCUT2D eigenvalue weighted by atomic mass is 9.90. The molecule has 2 aliphatic rings. The molecule has 0 spiro atoms. The monoisotopic (exact) mass is 467 g/mol. The van der Waals surface area contributed by atoms with Crippen LogP contribution in [0.1, 0.15) is 55.3 Å². The van der Waals surface area contributed by atoms with Gasteiger partial charge in [-0.3, -0.25) is 15.0 Å². The summed E-state index contributed by atoms with van der Waals surface area (Å²) in [4.78, 5) is 36.4. The Bertz CT molecular complexity index is 1080. The normalized spacial score (nSPS) is 19.7. The topological polar surface area (TPSA) is 131 Å².